The lowest BCUT2D eigenvalue weighted by Crippen LogP contribution is -2.34. The summed E-state index contributed by atoms with van der Waals surface area (Å²) in [5, 5.41) is 0. The fourth-order valence-electron chi connectivity index (χ4n) is 3.26. The van der Waals surface area contributed by atoms with Crippen molar-refractivity contribution in [3.05, 3.63) is 71.3 Å². The lowest BCUT2D eigenvalue weighted by atomic mass is 10.1. The highest BCUT2D eigenvalue weighted by Gasteiger charge is 2.27. The molecule has 6 nitrogen and oxygen atoms in total. The van der Waals surface area contributed by atoms with Gasteiger partial charge in [0.25, 0.3) is 10.0 Å². The van der Waals surface area contributed by atoms with Crippen LogP contribution in [-0.2, 0) is 16.6 Å². The van der Waals surface area contributed by atoms with E-state index < -0.39 is 10.0 Å². The zero-order chi connectivity index (χ0) is 21.9. The van der Waals surface area contributed by atoms with Gasteiger partial charge in [-0.05, 0) is 62.6 Å². The summed E-state index contributed by atoms with van der Waals surface area (Å²) in [5.74, 6) is 0.776. The van der Waals surface area contributed by atoms with Crippen molar-refractivity contribution in [2.24, 2.45) is 5.92 Å². The predicted molar refractivity (Wildman–Crippen MR) is 119 cm³/mol. The maximum atomic E-state index is 13.5. The summed E-state index contributed by atoms with van der Waals surface area (Å²) >= 11 is 0. The highest BCUT2D eigenvalue weighted by Crippen LogP contribution is 2.29. The number of benzene rings is 2. The molecule has 160 valence electrons. The molecule has 0 aliphatic heterocycles. The standard InChI is InChI=1S/C23H29N3O3S/c1-16(2)13-26(23-11-6-17(3)12-18(23)4)30(27,28)21-9-7-20(8-10-21)29-14-22-19(5)24-15-25-22/h6-12,15-16H,13-14H2,1-5H3,(H,24,25). The van der Waals surface area contributed by atoms with Gasteiger partial charge in [-0.2, -0.15) is 0 Å². The van der Waals surface area contributed by atoms with E-state index in [0.29, 0.717) is 24.6 Å². The molecule has 2 aromatic carbocycles. The fraction of sp³-hybridized carbons (Fsp3) is 0.348. The molecule has 7 heteroatoms. The summed E-state index contributed by atoms with van der Waals surface area (Å²) in [7, 11) is -3.71. The van der Waals surface area contributed by atoms with Crippen molar-refractivity contribution in [3.63, 3.8) is 0 Å². The molecule has 0 saturated heterocycles. The minimum absolute atomic E-state index is 0.181. The number of anilines is 1. The van der Waals surface area contributed by atoms with Crippen LogP contribution in [0, 0.1) is 26.7 Å². The zero-order valence-corrected chi connectivity index (χ0v) is 19.0. The van der Waals surface area contributed by atoms with Crippen molar-refractivity contribution in [1.29, 1.82) is 0 Å². The van der Waals surface area contributed by atoms with Crippen LogP contribution in [0.2, 0.25) is 0 Å². The third kappa shape index (κ3) is 4.84. The highest BCUT2D eigenvalue weighted by molar-refractivity contribution is 7.92. The Morgan fingerprint density at radius 3 is 2.33 bits per heavy atom. The number of H-pyrrole nitrogens is 1. The maximum Gasteiger partial charge on any atom is 0.264 e. The van der Waals surface area contributed by atoms with Crippen molar-refractivity contribution < 1.29 is 13.2 Å². The molecule has 0 radical (unpaired) electrons. The number of hydrogen-bond donors (Lipinski definition) is 1. The van der Waals surface area contributed by atoms with Crippen LogP contribution in [0.15, 0.2) is 53.7 Å². The lowest BCUT2D eigenvalue weighted by Gasteiger charge is -2.28. The van der Waals surface area contributed by atoms with Gasteiger partial charge >= 0.3 is 0 Å². The van der Waals surface area contributed by atoms with Gasteiger partial charge in [-0.3, -0.25) is 4.31 Å². The van der Waals surface area contributed by atoms with Crippen LogP contribution in [0.3, 0.4) is 0 Å². The quantitative estimate of drug-likeness (QED) is 0.562. The van der Waals surface area contributed by atoms with Gasteiger partial charge in [0.05, 0.1) is 22.6 Å². The Labute approximate surface area is 179 Å². The second-order valence-corrected chi connectivity index (χ2v) is 9.82. The molecule has 1 N–H and O–H groups in total. The Balaban J connectivity index is 1.86. The van der Waals surface area contributed by atoms with E-state index in [2.05, 4.69) is 9.97 Å². The summed E-state index contributed by atoms with van der Waals surface area (Å²) in [6, 6.07) is 12.4. The predicted octanol–water partition coefficient (Wildman–Crippen LogP) is 4.77. The second-order valence-electron chi connectivity index (χ2n) is 7.95. The monoisotopic (exact) mass is 427 g/mol. The number of nitrogens with one attached hydrogen (secondary N) is 1. The highest BCUT2D eigenvalue weighted by atomic mass is 32.2. The molecule has 3 rings (SSSR count). The van der Waals surface area contributed by atoms with E-state index >= 15 is 0 Å². The van der Waals surface area contributed by atoms with Gasteiger partial charge in [-0.15, -0.1) is 0 Å². The number of imidazole rings is 1. The van der Waals surface area contributed by atoms with E-state index in [9.17, 15) is 8.42 Å². The molecule has 3 aromatic rings. The van der Waals surface area contributed by atoms with Crippen LogP contribution in [0.1, 0.15) is 36.4 Å². The molecule has 0 fully saturated rings. The summed E-state index contributed by atoms with van der Waals surface area (Å²) in [4.78, 5) is 7.45. The Morgan fingerprint density at radius 1 is 1.07 bits per heavy atom. The summed E-state index contributed by atoms with van der Waals surface area (Å²) in [6.45, 7) is 10.6. The smallest absolute Gasteiger partial charge is 0.264 e. The molecule has 0 amide bonds. The van der Waals surface area contributed by atoms with E-state index in [1.54, 1.807) is 30.6 Å². The van der Waals surface area contributed by atoms with Gasteiger partial charge in [0.15, 0.2) is 0 Å². The maximum absolute atomic E-state index is 13.5. The lowest BCUT2D eigenvalue weighted by molar-refractivity contribution is 0.301. The average molecular weight is 428 g/mol. The van der Waals surface area contributed by atoms with Crippen LogP contribution >= 0.6 is 0 Å². The van der Waals surface area contributed by atoms with Crippen LogP contribution in [-0.4, -0.2) is 24.9 Å². The van der Waals surface area contributed by atoms with Crippen LogP contribution in [0.25, 0.3) is 0 Å². The van der Waals surface area contributed by atoms with Gasteiger partial charge in [-0.25, -0.2) is 13.4 Å². The molecule has 1 aromatic heterocycles. The molecule has 0 aliphatic rings. The number of nitrogens with zero attached hydrogens (tertiary/aromatic N) is 2. The molecule has 0 atom stereocenters. The molecule has 0 spiro atoms. The van der Waals surface area contributed by atoms with Gasteiger partial charge in [0, 0.05) is 12.2 Å². The minimum Gasteiger partial charge on any atom is -0.487 e. The van der Waals surface area contributed by atoms with Crippen LogP contribution in [0.5, 0.6) is 5.75 Å². The molecular formula is C23H29N3O3S. The summed E-state index contributed by atoms with van der Waals surface area (Å²) < 4.78 is 34.2. The average Bonchev–Trinajstić information content (AvgIpc) is 3.10. The fourth-order valence-corrected chi connectivity index (χ4v) is 4.95. The van der Waals surface area contributed by atoms with Crippen molar-refractivity contribution >= 4 is 15.7 Å². The number of hydrogen-bond acceptors (Lipinski definition) is 4. The minimum atomic E-state index is -3.71. The third-order valence-electron chi connectivity index (χ3n) is 4.87. The molecule has 0 unspecified atom stereocenters. The molecule has 0 bridgehead atoms. The van der Waals surface area contributed by atoms with Crippen LogP contribution in [0.4, 0.5) is 5.69 Å². The van der Waals surface area contributed by atoms with Crippen molar-refractivity contribution in [2.45, 2.75) is 46.1 Å². The Hall–Kier alpha value is -2.80. The Morgan fingerprint density at radius 2 is 1.77 bits per heavy atom. The Bertz CT molecular complexity index is 1100. The van der Waals surface area contributed by atoms with Crippen molar-refractivity contribution in [3.8, 4) is 5.75 Å². The van der Waals surface area contributed by atoms with E-state index in [-0.39, 0.29) is 10.8 Å². The normalized spacial score (nSPS) is 11.7. The van der Waals surface area contributed by atoms with Crippen molar-refractivity contribution in [1.82, 2.24) is 9.97 Å². The first kappa shape index (κ1) is 21.9. The van der Waals surface area contributed by atoms with Gasteiger partial charge in [0.1, 0.15) is 12.4 Å². The van der Waals surface area contributed by atoms with Gasteiger partial charge < -0.3 is 9.72 Å². The number of aromatic amines is 1. The van der Waals surface area contributed by atoms with Crippen LogP contribution < -0.4 is 9.04 Å². The van der Waals surface area contributed by atoms with Gasteiger partial charge in [-0.1, -0.05) is 31.5 Å². The molecule has 0 aliphatic carbocycles. The first-order chi connectivity index (χ1) is 14.2. The first-order valence-corrected chi connectivity index (χ1v) is 11.4. The van der Waals surface area contributed by atoms with E-state index in [0.717, 1.165) is 22.5 Å². The van der Waals surface area contributed by atoms with E-state index in [4.69, 9.17) is 4.74 Å². The SMILES string of the molecule is Cc1ccc(N(CC(C)C)S(=O)(=O)c2ccc(OCc3nc[nH]c3C)cc2)c(C)c1. The molecule has 1 heterocycles. The number of ether oxygens (including phenoxy) is 1. The van der Waals surface area contributed by atoms with Crippen molar-refractivity contribution in [2.75, 3.05) is 10.8 Å². The van der Waals surface area contributed by atoms with E-state index in [1.807, 2.05) is 52.8 Å². The first-order valence-electron chi connectivity index (χ1n) is 10.00. The summed E-state index contributed by atoms with van der Waals surface area (Å²) in [5.41, 5.74) is 4.53. The Kier molecular flexibility index (Phi) is 6.51. The number of rotatable bonds is 8. The molecular weight excluding hydrogens is 398 g/mol. The van der Waals surface area contributed by atoms with E-state index in [1.165, 1.54) is 4.31 Å². The number of sulfonamides is 1. The third-order valence-corrected chi connectivity index (χ3v) is 6.67. The van der Waals surface area contributed by atoms with Gasteiger partial charge in [0.2, 0.25) is 0 Å². The largest absolute Gasteiger partial charge is 0.487 e. The summed E-state index contributed by atoms with van der Waals surface area (Å²) in [6.07, 6.45) is 1.63. The molecule has 30 heavy (non-hydrogen) atoms. The molecule has 0 saturated carbocycles. The zero-order valence-electron chi connectivity index (χ0n) is 18.1. The number of aryl methyl sites for hydroxylation is 3. The second kappa shape index (κ2) is 8.92. The number of aromatic nitrogens is 2. The topological polar surface area (TPSA) is 75.3 Å².